The molecule has 0 spiro atoms. The van der Waals surface area contributed by atoms with E-state index in [2.05, 4.69) is 16.1 Å². The van der Waals surface area contributed by atoms with Gasteiger partial charge in [-0.3, -0.25) is 4.79 Å². The number of nitriles is 1. The van der Waals surface area contributed by atoms with Crippen LogP contribution in [0.2, 0.25) is 0 Å². The van der Waals surface area contributed by atoms with E-state index < -0.39 is 0 Å². The molecule has 0 heterocycles. The lowest BCUT2D eigenvalue weighted by molar-refractivity contribution is -0.140. The minimum Gasteiger partial charge on any atom is -0.469 e. The molecule has 2 rings (SSSR count). The lowest BCUT2D eigenvalue weighted by Crippen LogP contribution is -2.51. The van der Waals surface area contributed by atoms with Gasteiger partial charge in [0, 0.05) is 12.6 Å². The van der Waals surface area contributed by atoms with Gasteiger partial charge in [0.15, 0.2) is 0 Å². The maximum absolute atomic E-state index is 11.0. The van der Waals surface area contributed by atoms with Crippen molar-refractivity contribution in [3.05, 3.63) is 35.9 Å². The molecule has 1 saturated carbocycles. The normalized spacial score (nSPS) is 25.2. The molecule has 0 bridgehead atoms. The van der Waals surface area contributed by atoms with Gasteiger partial charge in [-0.1, -0.05) is 30.3 Å². The minimum absolute atomic E-state index is 0.207. The second-order valence-electron chi connectivity index (χ2n) is 4.95. The summed E-state index contributed by atoms with van der Waals surface area (Å²) in [7, 11) is 1.39. The van der Waals surface area contributed by atoms with Crippen LogP contribution in [0.5, 0.6) is 0 Å². The number of hydrogen-bond acceptors (Lipinski definition) is 4. The smallest absolute Gasteiger partial charge is 0.306 e. The fraction of sp³-hybridized carbons (Fsp3) is 0.467. The second kappa shape index (κ2) is 5.85. The van der Waals surface area contributed by atoms with E-state index in [4.69, 9.17) is 0 Å². The molecule has 0 atom stereocenters. The number of nitrogens with one attached hydrogen (secondary N) is 1. The van der Waals surface area contributed by atoms with Crippen molar-refractivity contribution < 1.29 is 9.53 Å². The Labute approximate surface area is 113 Å². The van der Waals surface area contributed by atoms with Gasteiger partial charge in [-0.05, 0) is 18.4 Å². The first kappa shape index (κ1) is 13.6. The van der Waals surface area contributed by atoms with Crippen LogP contribution in [-0.4, -0.2) is 25.7 Å². The molecule has 1 aliphatic carbocycles. The largest absolute Gasteiger partial charge is 0.469 e. The second-order valence-corrected chi connectivity index (χ2v) is 4.95. The summed E-state index contributed by atoms with van der Waals surface area (Å²) in [4.78, 5) is 11.0. The molecule has 0 radical (unpaired) electrons. The number of esters is 1. The number of hydrogen-bond donors (Lipinski definition) is 1. The molecule has 1 N–H and O–H groups in total. The van der Waals surface area contributed by atoms with Crippen LogP contribution in [0.15, 0.2) is 30.3 Å². The summed E-state index contributed by atoms with van der Waals surface area (Å²) in [5.41, 5.74) is 0.730. The zero-order valence-electron chi connectivity index (χ0n) is 11.1. The molecule has 0 aliphatic heterocycles. The number of carbonyl (C=O) groups is 1. The van der Waals surface area contributed by atoms with Gasteiger partial charge in [-0.15, -0.1) is 0 Å². The number of rotatable bonds is 5. The Morgan fingerprint density at radius 3 is 2.74 bits per heavy atom. The standard InChI is InChI=1S/C15H18N2O2/c1-19-14(18)7-8-17-13-9-15(10-13,11-16)12-5-3-2-4-6-12/h2-6,13,17H,7-10H2,1H3. The Morgan fingerprint density at radius 2 is 2.16 bits per heavy atom. The van der Waals surface area contributed by atoms with Gasteiger partial charge in [-0.25, -0.2) is 0 Å². The highest BCUT2D eigenvalue weighted by molar-refractivity contribution is 5.69. The van der Waals surface area contributed by atoms with Crippen molar-refractivity contribution in [1.29, 1.82) is 5.26 Å². The molecule has 1 aliphatic rings. The predicted octanol–water partition coefficient (Wildman–Crippen LogP) is 1.76. The summed E-state index contributed by atoms with van der Waals surface area (Å²) < 4.78 is 4.58. The zero-order valence-corrected chi connectivity index (χ0v) is 11.1. The van der Waals surface area contributed by atoms with E-state index in [-0.39, 0.29) is 11.4 Å². The molecule has 4 heteroatoms. The zero-order chi connectivity index (χ0) is 13.7. The topological polar surface area (TPSA) is 62.1 Å². The highest BCUT2D eigenvalue weighted by Gasteiger charge is 2.45. The van der Waals surface area contributed by atoms with Gasteiger partial charge < -0.3 is 10.1 Å². The monoisotopic (exact) mass is 258 g/mol. The van der Waals surface area contributed by atoms with Crippen LogP contribution in [-0.2, 0) is 14.9 Å². The summed E-state index contributed by atoms with van der Waals surface area (Å²) in [5, 5.41) is 12.7. The molecule has 19 heavy (non-hydrogen) atoms. The van der Waals surface area contributed by atoms with Gasteiger partial charge >= 0.3 is 5.97 Å². The Bertz CT molecular complexity index is 473. The predicted molar refractivity (Wildman–Crippen MR) is 71.4 cm³/mol. The van der Waals surface area contributed by atoms with Crippen LogP contribution in [0, 0.1) is 11.3 Å². The molecular formula is C15H18N2O2. The van der Waals surface area contributed by atoms with Crippen molar-refractivity contribution in [1.82, 2.24) is 5.32 Å². The molecule has 100 valence electrons. The molecule has 0 amide bonds. The lowest BCUT2D eigenvalue weighted by atomic mass is 9.62. The third-order valence-corrected chi connectivity index (χ3v) is 3.72. The number of benzene rings is 1. The summed E-state index contributed by atoms with van der Waals surface area (Å²) in [6.45, 7) is 0.605. The summed E-state index contributed by atoms with van der Waals surface area (Å²) in [6.07, 6.45) is 1.97. The average molecular weight is 258 g/mol. The third-order valence-electron chi connectivity index (χ3n) is 3.72. The fourth-order valence-electron chi connectivity index (χ4n) is 2.55. The Kier molecular flexibility index (Phi) is 4.18. The molecule has 4 nitrogen and oxygen atoms in total. The van der Waals surface area contributed by atoms with Crippen LogP contribution >= 0.6 is 0 Å². The van der Waals surface area contributed by atoms with Gasteiger partial charge in [-0.2, -0.15) is 5.26 Å². The van der Waals surface area contributed by atoms with E-state index in [0.29, 0.717) is 19.0 Å². The Hall–Kier alpha value is -1.86. The van der Waals surface area contributed by atoms with Crippen molar-refractivity contribution in [3.63, 3.8) is 0 Å². The van der Waals surface area contributed by atoms with E-state index in [1.165, 1.54) is 7.11 Å². The molecule has 1 fully saturated rings. The van der Waals surface area contributed by atoms with Crippen molar-refractivity contribution in [3.8, 4) is 6.07 Å². The van der Waals surface area contributed by atoms with Gasteiger partial charge in [0.2, 0.25) is 0 Å². The van der Waals surface area contributed by atoms with E-state index in [1.807, 2.05) is 30.3 Å². The third kappa shape index (κ3) is 2.94. The minimum atomic E-state index is -0.357. The maximum atomic E-state index is 11.0. The molecule has 0 unspecified atom stereocenters. The number of ether oxygens (including phenoxy) is 1. The molecule has 1 aromatic carbocycles. The van der Waals surface area contributed by atoms with Crippen molar-refractivity contribution in [2.45, 2.75) is 30.7 Å². The quantitative estimate of drug-likeness (QED) is 0.817. The molecule has 1 aromatic rings. The van der Waals surface area contributed by atoms with Gasteiger partial charge in [0.25, 0.3) is 0 Å². The summed E-state index contributed by atoms with van der Waals surface area (Å²) in [6, 6.07) is 12.7. The Balaban J connectivity index is 1.84. The number of methoxy groups -OCH3 is 1. The van der Waals surface area contributed by atoms with Gasteiger partial charge in [0.05, 0.1) is 25.0 Å². The van der Waals surface area contributed by atoms with Crippen LogP contribution in [0.4, 0.5) is 0 Å². The van der Waals surface area contributed by atoms with Crippen LogP contribution < -0.4 is 5.32 Å². The molecular weight excluding hydrogens is 240 g/mol. The summed E-state index contributed by atoms with van der Waals surface area (Å²) >= 11 is 0. The number of nitrogens with zero attached hydrogens (tertiary/aromatic N) is 1. The first-order valence-corrected chi connectivity index (χ1v) is 6.47. The highest BCUT2D eigenvalue weighted by Crippen LogP contribution is 2.43. The van der Waals surface area contributed by atoms with Crippen molar-refractivity contribution in [2.24, 2.45) is 0 Å². The highest BCUT2D eigenvalue weighted by atomic mass is 16.5. The first-order chi connectivity index (χ1) is 9.20. The average Bonchev–Trinajstić information content (AvgIpc) is 2.42. The van der Waals surface area contributed by atoms with Crippen LogP contribution in [0.1, 0.15) is 24.8 Å². The lowest BCUT2D eigenvalue weighted by Gasteiger charge is -2.43. The SMILES string of the molecule is COC(=O)CCNC1CC(C#N)(c2ccccc2)C1. The van der Waals surface area contributed by atoms with Crippen LogP contribution in [0.3, 0.4) is 0 Å². The van der Waals surface area contributed by atoms with Gasteiger partial charge in [0.1, 0.15) is 0 Å². The fourth-order valence-corrected chi connectivity index (χ4v) is 2.55. The first-order valence-electron chi connectivity index (χ1n) is 6.47. The van der Waals surface area contributed by atoms with E-state index in [0.717, 1.165) is 18.4 Å². The van der Waals surface area contributed by atoms with Crippen LogP contribution in [0.25, 0.3) is 0 Å². The van der Waals surface area contributed by atoms with Crippen molar-refractivity contribution >= 4 is 5.97 Å². The Morgan fingerprint density at radius 1 is 1.47 bits per heavy atom. The summed E-state index contributed by atoms with van der Waals surface area (Å²) in [5.74, 6) is -0.207. The van der Waals surface area contributed by atoms with E-state index in [9.17, 15) is 10.1 Å². The van der Waals surface area contributed by atoms with E-state index in [1.54, 1.807) is 0 Å². The van der Waals surface area contributed by atoms with Crippen molar-refractivity contribution in [2.75, 3.05) is 13.7 Å². The molecule has 0 aromatic heterocycles. The molecule has 0 saturated heterocycles. The number of carbonyl (C=O) groups excluding carboxylic acids is 1. The maximum Gasteiger partial charge on any atom is 0.306 e. The van der Waals surface area contributed by atoms with E-state index >= 15 is 0 Å².